The van der Waals surface area contributed by atoms with E-state index in [1.165, 1.54) is 0 Å². The molecule has 8 heteroatoms. The maximum atomic E-state index is 12.1. The van der Waals surface area contributed by atoms with Gasteiger partial charge in [0.15, 0.2) is 0 Å². The minimum atomic E-state index is -5.11. The third-order valence-electron chi connectivity index (χ3n) is 2.29. The van der Waals surface area contributed by atoms with Gasteiger partial charge < -0.3 is 10.0 Å². The summed E-state index contributed by atoms with van der Waals surface area (Å²) >= 11 is 0. The van der Waals surface area contributed by atoms with Crippen molar-refractivity contribution < 1.29 is 32.7 Å². The molecule has 1 N–H and O–H groups in total. The van der Waals surface area contributed by atoms with Gasteiger partial charge in [-0.2, -0.15) is 13.2 Å². The van der Waals surface area contributed by atoms with E-state index in [-0.39, 0.29) is 13.0 Å². The van der Waals surface area contributed by atoms with Crippen molar-refractivity contribution in [1.29, 1.82) is 0 Å². The summed E-state index contributed by atoms with van der Waals surface area (Å²) < 4.78 is 36.2. The first-order valence-corrected chi connectivity index (χ1v) is 4.35. The topological polar surface area (TPSA) is 74.7 Å². The average Bonchev–Trinajstić information content (AvgIpc) is 2.15. The summed E-state index contributed by atoms with van der Waals surface area (Å²) in [5, 5.41) is 8.55. The number of carbonyl (C=O) groups is 3. The molecule has 1 saturated heterocycles. The third-order valence-corrected chi connectivity index (χ3v) is 2.29. The van der Waals surface area contributed by atoms with Gasteiger partial charge in [-0.1, -0.05) is 0 Å². The molecule has 0 aromatic rings. The fourth-order valence-corrected chi connectivity index (χ4v) is 1.43. The van der Waals surface area contributed by atoms with Crippen LogP contribution in [0.1, 0.15) is 6.42 Å². The number of Topliss-reactive ketones (excluding diaryl/α,β-unsaturated/α-hetero) is 2. The standard InChI is InChI=1S/C8H8F3NO4/c9-8(10,11)6(14)4-3-12(7(15)16)2-1-5(4)13/h4H,1-3H2,(H,15,16). The fraction of sp³-hybridized carbons (Fsp3) is 0.625. The maximum Gasteiger partial charge on any atom is 0.450 e. The Morgan fingerprint density at radius 3 is 2.38 bits per heavy atom. The number of carbonyl (C=O) groups excluding carboxylic acids is 2. The zero-order chi connectivity index (χ0) is 12.5. The molecule has 0 bridgehead atoms. The number of piperidine rings is 1. The predicted octanol–water partition coefficient (Wildman–Crippen LogP) is 0.687. The molecule has 1 aliphatic heterocycles. The molecule has 1 rings (SSSR count). The smallest absolute Gasteiger partial charge is 0.450 e. The molecule has 1 unspecified atom stereocenters. The van der Waals surface area contributed by atoms with Crippen molar-refractivity contribution in [2.24, 2.45) is 5.92 Å². The number of hydrogen-bond donors (Lipinski definition) is 1. The van der Waals surface area contributed by atoms with Crippen LogP contribution in [0.25, 0.3) is 0 Å². The van der Waals surface area contributed by atoms with Gasteiger partial charge in [0, 0.05) is 19.5 Å². The molecule has 0 spiro atoms. The molecule has 1 heterocycles. The van der Waals surface area contributed by atoms with Crippen molar-refractivity contribution in [3.05, 3.63) is 0 Å². The summed E-state index contributed by atoms with van der Waals surface area (Å²) in [6.45, 7) is -0.887. The molecule has 0 saturated carbocycles. The van der Waals surface area contributed by atoms with Crippen LogP contribution < -0.4 is 0 Å². The van der Waals surface area contributed by atoms with Gasteiger partial charge in [-0.15, -0.1) is 0 Å². The second-order valence-electron chi connectivity index (χ2n) is 3.36. The number of nitrogens with zero attached hydrogens (tertiary/aromatic N) is 1. The van der Waals surface area contributed by atoms with Crippen molar-refractivity contribution in [3.63, 3.8) is 0 Å². The second kappa shape index (κ2) is 4.11. The lowest BCUT2D eigenvalue weighted by atomic mass is 9.92. The van der Waals surface area contributed by atoms with Crippen LogP contribution in [-0.4, -0.2) is 46.9 Å². The Hall–Kier alpha value is -1.60. The first kappa shape index (κ1) is 12.5. The van der Waals surface area contributed by atoms with E-state index in [9.17, 15) is 27.6 Å². The zero-order valence-electron chi connectivity index (χ0n) is 7.95. The largest absolute Gasteiger partial charge is 0.465 e. The van der Waals surface area contributed by atoms with Crippen molar-refractivity contribution in [2.45, 2.75) is 12.6 Å². The highest BCUT2D eigenvalue weighted by molar-refractivity contribution is 6.05. The van der Waals surface area contributed by atoms with Crippen LogP contribution in [0.2, 0.25) is 0 Å². The van der Waals surface area contributed by atoms with E-state index in [4.69, 9.17) is 5.11 Å². The van der Waals surface area contributed by atoms with Crippen LogP contribution in [0.5, 0.6) is 0 Å². The van der Waals surface area contributed by atoms with Gasteiger partial charge in [-0.25, -0.2) is 4.79 Å². The van der Waals surface area contributed by atoms with Crippen molar-refractivity contribution in [2.75, 3.05) is 13.1 Å². The van der Waals surface area contributed by atoms with Gasteiger partial charge in [-0.3, -0.25) is 9.59 Å². The first-order valence-electron chi connectivity index (χ1n) is 4.35. The number of alkyl halides is 3. The van der Waals surface area contributed by atoms with Gasteiger partial charge in [0.25, 0.3) is 0 Å². The summed E-state index contributed by atoms with van der Waals surface area (Å²) in [6, 6.07) is 0. The van der Waals surface area contributed by atoms with Gasteiger partial charge in [0.2, 0.25) is 5.78 Å². The average molecular weight is 239 g/mol. The number of carboxylic acid groups (broad SMARTS) is 1. The lowest BCUT2D eigenvalue weighted by Gasteiger charge is -2.29. The molecule has 0 aromatic carbocycles. The molecular weight excluding hydrogens is 231 g/mol. The SMILES string of the molecule is O=C1CCN(C(=O)O)CC1C(=O)C(F)(F)F. The molecule has 5 nitrogen and oxygen atoms in total. The molecule has 0 radical (unpaired) electrons. The van der Waals surface area contributed by atoms with Crippen molar-refractivity contribution in [3.8, 4) is 0 Å². The van der Waals surface area contributed by atoms with Gasteiger partial charge in [-0.05, 0) is 0 Å². The monoisotopic (exact) mass is 239 g/mol. The third kappa shape index (κ3) is 2.50. The number of hydrogen-bond acceptors (Lipinski definition) is 3. The van der Waals surface area contributed by atoms with Crippen LogP contribution in [-0.2, 0) is 9.59 Å². The summed E-state index contributed by atoms with van der Waals surface area (Å²) in [5.41, 5.74) is 0. The molecular formula is C8H8F3NO4. The molecule has 1 amide bonds. The summed E-state index contributed by atoms with van der Waals surface area (Å²) in [5.74, 6) is -4.95. The van der Waals surface area contributed by atoms with Crippen LogP contribution >= 0.6 is 0 Å². The minimum absolute atomic E-state index is 0.171. The Bertz CT molecular complexity index is 339. The highest BCUT2D eigenvalue weighted by atomic mass is 19.4. The molecule has 90 valence electrons. The molecule has 1 fully saturated rings. The lowest BCUT2D eigenvalue weighted by molar-refractivity contribution is -0.178. The van der Waals surface area contributed by atoms with E-state index in [0.29, 0.717) is 4.90 Å². The summed E-state index contributed by atoms with van der Waals surface area (Å²) in [4.78, 5) is 33.1. The number of rotatable bonds is 1. The van der Waals surface area contributed by atoms with Crippen molar-refractivity contribution >= 4 is 17.7 Å². The Balaban J connectivity index is 2.82. The molecule has 16 heavy (non-hydrogen) atoms. The quantitative estimate of drug-likeness (QED) is 0.683. The van der Waals surface area contributed by atoms with Crippen LogP contribution in [0.4, 0.5) is 18.0 Å². The van der Waals surface area contributed by atoms with Crippen molar-refractivity contribution in [1.82, 2.24) is 4.90 Å². The van der Waals surface area contributed by atoms with E-state index in [1.54, 1.807) is 0 Å². The fourth-order valence-electron chi connectivity index (χ4n) is 1.43. The molecule has 1 aliphatic rings. The van der Waals surface area contributed by atoms with E-state index in [0.717, 1.165) is 0 Å². The number of ketones is 2. The zero-order valence-corrected chi connectivity index (χ0v) is 7.95. The first-order chi connectivity index (χ1) is 7.23. The van der Waals surface area contributed by atoms with E-state index >= 15 is 0 Å². The molecule has 0 aliphatic carbocycles. The Morgan fingerprint density at radius 2 is 1.94 bits per heavy atom. The van der Waals surface area contributed by atoms with Crippen LogP contribution in [0.3, 0.4) is 0 Å². The number of likely N-dealkylation sites (tertiary alicyclic amines) is 1. The van der Waals surface area contributed by atoms with Crippen LogP contribution in [0, 0.1) is 5.92 Å². The van der Waals surface area contributed by atoms with E-state index in [1.807, 2.05) is 0 Å². The minimum Gasteiger partial charge on any atom is -0.465 e. The lowest BCUT2D eigenvalue weighted by Crippen LogP contribution is -2.49. The maximum absolute atomic E-state index is 12.1. The van der Waals surface area contributed by atoms with Gasteiger partial charge in [0.05, 0.1) is 0 Å². The Morgan fingerprint density at radius 1 is 1.38 bits per heavy atom. The summed E-state index contributed by atoms with van der Waals surface area (Å²) in [7, 11) is 0. The van der Waals surface area contributed by atoms with Gasteiger partial charge >= 0.3 is 12.3 Å². The Labute approximate surface area is 87.8 Å². The normalized spacial score (nSPS) is 22.1. The number of amides is 1. The van der Waals surface area contributed by atoms with E-state index < -0.39 is 36.3 Å². The van der Waals surface area contributed by atoms with Gasteiger partial charge in [0.1, 0.15) is 11.7 Å². The van der Waals surface area contributed by atoms with E-state index in [2.05, 4.69) is 0 Å². The molecule has 1 atom stereocenters. The summed E-state index contributed by atoms with van der Waals surface area (Å²) in [6.07, 6.45) is -6.91. The number of halogens is 3. The Kier molecular flexibility index (Phi) is 3.20. The highest BCUT2D eigenvalue weighted by Crippen LogP contribution is 2.25. The predicted molar refractivity (Wildman–Crippen MR) is 43.8 cm³/mol. The second-order valence-corrected chi connectivity index (χ2v) is 3.36. The molecule has 0 aromatic heterocycles. The van der Waals surface area contributed by atoms with Crippen LogP contribution in [0.15, 0.2) is 0 Å². The highest BCUT2D eigenvalue weighted by Gasteiger charge is 2.48.